The van der Waals surface area contributed by atoms with Crippen LogP contribution in [0.3, 0.4) is 0 Å². The summed E-state index contributed by atoms with van der Waals surface area (Å²) in [7, 11) is 0. The lowest BCUT2D eigenvalue weighted by Gasteiger charge is -2.07. The average Bonchev–Trinajstić information content (AvgIpc) is 2.46. The number of hydrogen-bond donors (Lipinski definition) is 4. The van der Waals surface area contributed by atoms with Crippen LogP contribution in [-0.2, 0) is 4.79 Å². The molecule has 21 heavy (non-hydrogen) atoms. The van der Waals surface area contributed by atoms with Gasteiger partial charge in [0.15, 0.2) is 0 Å². The first-order valence-corrected chi connectivity index (χ1v) is 6.29. The maximum absolute atomic E-state index is 12.0. The van der Waals surface area contributed by atoms with Crippen molar-refractivity contribution in [2.75, 3.05) is 18.5 Å². The van der Waals surface area contributed by atoms with E-state index in [0.29, 0.717) is 12.2 Å². The molecule has 1 aromatic rings. The number of anilines is 1. The molecule has 0 aliphatic carbocycles. The number of carbonyl (C=O) groups excluding carboxylic acids is 2. The van der Waals surface area contributed by atoms with Crippen molar-refractivity contribution in [1.29, 1.82) is 0 Å². The second-order valence-corrected chi connectivity index (χ2v) is 4.09. The predicted molar refractivity (Wildman–Crippen MR) is 76.5 cm³/mol. The molecule has 0 saturated carbocycles. The molecule has 9 nitrogen and oxygen atoms in total. The van der Waals surface area contributed by atoms with Crippen molar-refractivity contribution in [2.24, 2.45) is 5.84 Å². The number of amides is 2. The zero-order valence-corrected chi connectivity index (χ0v) is 11.5. The van der Waals surface area contributed by atoms with Crippen molar-refractivity contribution in [3.8, 4) is 0 Å². The number of nitro benzene ring substituents is 1. The first-order chi connectivity index (χ1) is 9.99. The minimum absolute atomic E-state index is 0.0854. The van der Waals surface area contributed by atoms with E-state index >= 15 is 0 Å². The smallest absolute Gasteiger partial charge is 0.282 e. The molecule has 0 bridgehead atoms. The second-order valence-electron chi connectivity index (χ2n) is 4.09. The fourth-order valence-corrected chi connectivity index (χ4v) is 1.64. The van der Waals surface area contributed by atoms with Crippen LogP contribution in [0.5, 0.6) is 0 Å². The van der Waals surface area contributed by atoms with Crippen LogP contribution in [0.25, 0.3) is 0 Å². The van der Waals surface area contributed by atoms with Crippen molar-refractivity contribution in [3.63, 3.8) is 0 Å². The third-order valence-electron chi connectivity index (χ3n) is 2.62. The average molecular weight is 295 g/mol. The number of nitro groups is 1. The van der Waals surface area contributed by atoms with Gasteiger partial charge in [0.1, 0.15) is 5.56 Å². The Kier molecular flexibility index (Phi) is 6.08. The fourth-order valence-electron chi connectivity index (χ4n) is 1.64. The molecule has 0 aromatic heterocycles. The Labute approximate surface area is 121 Å². The van der Waals surface area contributed by atoms with E-state index in [2.05, 4.69) is 16.1 Å². The molecule has 1 aromatic carbocycles. The van der Waals surface area contributed by atoms with Crippen molar-refractivity contribution >= 4 is 23.2 Å². The van der Waals surface area contributed by atoms with Gasteiger partial charge in [-0.3, -0.25) is 25.5 Å². The van der Waals surface area contributed by atoms with Crippen LogP contribution in [0.15, 0.2) is 18.2 Å². The van der Waals surface area contributed by atoms with E-state index in [-0.39, 0.29) is 30.1 Å². The van der Waals surface area contributed by atoms with Crippen LogP contribution in [0.4, 0.5) is 11.4 Å². The lowest BCUT2D eigenvalue weighted by atomic mass is 10.1. The molecule has 0 spiro atoms. The van der Waals surface area contributed by atoms with Gasteiger partial charge in [0.25, 0.3) is 11.6 Å². The lowest BCUT2D eigenvalue weighted by molar-refractivity contribution is -0.385. The molecule has 0 unspecified atom stereocenters. The van der Waals surface area contributed by atoms with Gasteiger partial charge in [-0.05, 0) is 19.1 Å². The summed E-state index contributed by atoms with van der Waals surface area (Å²) in [6.45, 7) is 2.37. The summed E-state index contributed by atoms with van der Waals surface area (Å²) in [5, 5.41) is 15.9. The molecule has 0 aliphatic heterocycles. The van der Waals surface area contributed by atoms with Crippen LogP contribution in [0, 0.1) is 10.1 Å². The molecular formula is C12H17N5O4. The molecule has 0 saturated heterocycles. The van der Waals surface area contributed by atoms with E-state index in [1.54, 1.807) is 6.92 Å². The Balaban J connectivity index is 2.76. The number of rotatable bonds is 7. The standard InChI is InChI=1S/C12H17N5O4/c1-2-14-11(18)5-6-15-12(19)9-7-8(16-13)3-4-10(9)17(20)21/h3-4,7,16H,2,5-6,13H2,1H3,(H,14,18)(H,15,19). The summed E-state index contributed by atoms with van der Waals surface area (Å²) in [6, 6.07) is 3.86. The van der Waals surface area contributed by atoms with Crippen LogP contribution < -0.4 is 21.9 Å². The van der Waals surface area contributed by atoms with Crippen LogP contribution >= 0.6 is 0 Å². The first kappa shape index (κ1) is 16.4. The maximum Gasteiger partial charge on any atom is 0.282 e. The van der Waals surface area contributed by atoms with Gasteiger partial charge in [0, 0.05) is 31.3 Å². The van der Waals surface area contributed by atoms with Gasteiger partial charge in [0.2, 0.25) is 5.91 Å². The van der Waals surface area contributed by atoms with Gasteiger partial charge < -0.3 is 16.1 Å². The van der Waals surface area contributed by atoms with Crippen LogP contribution in [0.2, 0.25) is 0 Å². The van der Waals surface area contributed by atoms with Crippen LogP contribution in [0.1, 0.15) is 23.7 Å². The van der Waals surface area contributed by atoms with Crippen LogP contribution in [-0.4, -0.2) is 29.8 Å². The van der Waals surface area contributed by atoms with E-state index in [0.717, 1.165) is 0 Å². The SMILES string of the molecule is CCNC(=O)CCNC(=O)c1cc(NN)ccc1[N+](=O)[O-]. The summed E-state index contributed by atoms with van der Waals surface area (Å²) in [5.41, 5.74) is 2.23. The van der Waals surface area contributed by atoms with Gasteiger partial charge in [-0.2, -0.15) is 0 Å². The molecule has 0 aliphatic rings. The second kappa shape index (κ2) is 7.80. The molecule has 0 radical (unpaired) electrons. The largest absolute Gasteiger partial charge is 0.356 e. The summed E-state index contributed by atoms with van der Waals surface area (Å²) in [6.07, 6.45) is 0.0994. The molecule has 114 valence electrons. The molecule has 0 heterocycles. The number of nitrogens with zero attached hydrogens (tertiary/aromatic N) is 1. The van der Waals surface area contributed by atoms with Gasteiger partial charge in [-0.1, -0.05) is 0 Å². The number of nitrogens with one attached hydrogen (secondary N) is 3. The molecule has 9 heteroatoms. The highest BCUT2D eigenvalue weighted by atomic mass is 16.6. The highest BCUT2D eigenvalue weighted by Gasteiger charge is 2.20. The van der Waals surface area contributed by atoms with Gasteiger partial charge >= 0.3 is 0 Å². The highest BCUT2D eigenvalue weighted by Crippen LogP contribution is 2.22. The Bertz CT molecular complexity index is 546. The monoisotopic (exact) mass is 295 g/mol. The zero-order valence-electron chi connectivity index (χ0n) is 11.5. The number of hydrazine groups is 1. The van der Waals surface area contributed by atoms with E-state index in [4.69, 9.17) is 5.84 Å². The summed E-state index contributed by atoms with van der Waals surface area (Å²) in [5.74, 6) is 4.37. The van der Waals surface area contributed by atoms with Crippen molar-refractivity contribution in [1.82, 2.24) is 10.6 Å². The van der Waals surface area contributed by atoms with Crippen molar-refractivity contribution < 1.29 is 14.5 Å². The predicted octanol–water partition coefficient (Wildman–Crippen LogP) is 0.136. The Morgan fingerprint density at radius 3 is 2.62 bits per heavy atom. The number of carbonyl (C=O) groups is 2. The summed E-state index contributed by atoms with van der Waals surface area (Å²) < 4.78 is 0. The highest BCUT2D eigenvalue weighted by molar-refractivity contribution is 5.99. The number of nitrogens with two attached hydrogens (primary N) is 1. The molecule has 0 fully saturated rings. The molecule has 2 amide bonds. The number of benzene rings is 1. The molecule has 0 atom stereocenters. The van der Waals surface area contributed by atoms with E-state index in [1.807, 2.05) is 0 Å². The molecule has 1 rings (SSSR count). The fraction of sp³-hybridized carbons (Fsp3) is 0.333. The third-order valence-corrected chi connectivity index (χ3v) is 2.62. The van der Waals surface area contributed by atoms with E-state index in [9.17, 15) is 19.7 Å². The number of hydrogen-bond acceptors (Lipinski definition) is 6. The Hall–Kier alpha value is -2.68. The van der Waals surface area contributed by atoms with E-state index in [1.165, 1.54) is 18.2 Å². The quantitative estimate of drug-likeness (QED) is 0.320. The maximum atomic E-state index is 12.0. The number of nitrogen functional groups attached to an aromatic ring is 1. The zero-order chi connectivity index (χ0) is 15.8. The Morgan fingerprint density at radius 1 is 1.33 bits per heavy atom. The van der Waals surface area contributed by atoms with Crippen molar-refractivity contribution in [3.05, 3.63) is 33.9 Å². The minimum atomic E-state index is -0.654. The normalized spacial score (nSPS) is 9.81. The van der Waals surface area contributed by atoms with Gasteiger partial charge in [-0.25, -0.2) is 0 Å². The minimum Gasteiger partial charge on any atom is -0.356 e. The summed E-state index contributed by atoms with van der Waals surface area (Å²) >= 11 is 0. The van der Waals surface area contributed by atoms with E-state index < -0.39 is 10.8 Å². The topological polar surface area (TPSA) is 139 Å². The Morgan fingerprint density at radius 2 is 2.05 bits per heavy atom. The third kappa shape index (κ3) is 4.73. The molecule has 5 N–H and O–H groups in total. The molecular weight excluding hydrogens is 278 g/mol. The lowest BCUT2D eigenvalue weighted by Crippen LogP contribution is -2.31. The van der Waals surface area contributed by atoms with Gasteiger partial charge in [-0.15, -0.1) is 0 Å². The van der Waals surface area contributed by atoms with Crippen molar-refractivity contribution in [2.45, 2.75) is 13.3 Å². The summed E-state index contributed by atoms with van der Waals surface area (Å²) in [4.78, 5) is 33.5. The van der Waals surface area contributed by atoms with Gasteiger partial charge in [0.05, 0.1) is 4.92 Å². The first-order valence-electron chi connectivity index (χ1n) is 6.29.